The molecule has 0 amide bonds. The number of methoxy groups -OCH3 is 1. The minimum atomic E-state index is -0.141. The molecule has 0 saturated heterocycles. The van der Waals surface area contributed by atoms with Gasteiger partial charge in [-0.15, -0.1) is 0 Å². The number of aromatic amines is 1. The van der Waals surface area contributed by atoms with E-state index in [2.05, 4.69) is 15.0 Å². The number of benzene rings is 1. The second-order valence-corrected chi connectivity index (χ2v) is 6.57. The zero-order valence-corrected chi connectivity index (χ0v) is 15.9. The van der Waals surface area contributed by atoms with Crippen LogP contribution in [0.3, 0.4) is 0 Å². The number of hydrogen-bond acceptors (Lipinski definition) is 6. The molecule has 0 bridgehead atoms. The molecule has 1 aliphatic rings. The van der Waals surface area contributed by atoms with Crippen LogP contribution in [-0.2, 0) is 13.0 Å². The molecule has 8 nitrogen and oxygen atoms in total. The third-order valence-electron chi connectivity index (χ3n) is 4.55. The van der Waals surface area contributed by atoms with Gasteiger partial charge < -0.3 is 23.8 Å². The van der Waals surface area contributed by atoms with Gasteiger partial charge in [0.15, 0.2) is 11.5 Å². The molecule has 1 N–H and O–H groups in total. The number of imidazole rings is 1. The van der Waals surface area contributed by atoms with Gasteiger partial charge in [-0.05, 0) is 13.0 Å². The average molecular weight is 382 g/mol. The van der Waals surface area contributed by atoms with Crippen LogP contribution in [-0.4, -0.2) is 39.8 Å². The highest BCUT2D eigenvalue weighted by Gasteiger charge is 2.19. The zero-order chi connectivity index (χ0) is 19.5. The maximum atomic E-state index is 11.7. The van der Waals surface area contributed by atoms with Crippen molar-refractivity contribution in [2.75, 3.05) is 20.3 Å². The Labute approximate surface area is 162 Å². The molecule has 0 fully saturated rings. The highest BCUT2D eigenvalue weighted by atomic mass is 16.5. The highest BCUT2D eigenvalue weighted by Crippen LogP contribution is 2.40. The van der Waals surface area contributed by atoms with E-state index in [4.69, 9.17) is 14.2 Å². The van der Waals surface area contributed by atoms with Crippen LogP contribution in [0, 0.1) is 6.92 Å². The number of aryl methyl sites for hydroxylation is 3. The lowest BCUT2D eigenvalue weighted by Gasteiger charge is -2.15. The van der Waals surface area contributed by atoms with Crippen molar-refractivity contribution in [1.29, 1.82) is 0 Å². The molecule has 0 unspecified atom stereocenters. The van der Waals surface area contributed by atoms with Crippen LogP contribution in [0.5, 0.6) is 17.2 Å². The predicted octanol–water partition coefficient (Wildman–Crippen LogP) is 2.35. The Morgan fingerprint density at radius 2 is 2.00 bits per heavy atom. The minimum absolute atomic E-state index is 0.141. The Hall–Kier alpha value is -3.29. The summed E-state index contributed by atoms with van der Waals surface area (Å²) in [6.07, 6.45) is 5.09. The fourth-order valence-corrected chi connectivity index (χ4v) is 3.27. The van der Waals surface area contributed by atoms with Gasteiger partial charge in [0.2, 0.25) is 0 Å². The molecule has 4 rings (SSSR count). The lowest BCUT2D eigenvalue weighted by Crippen LogP contribution is -2.12. The molecular formula is C20H22N4O4. The van der Waals surface area contributed by atoms with Crippen LogP contribution < -0.4 is 19.8 Å². The quantitative estimate of drug-likeness (QED) is 0.728. The molecule has 1 aliphatic heterocycles. The highest BCUT2D eigenvalue weighted by molar-refractivity contribution is 5.70. The van der Waals surface area contributed by atoms with Crippen LogP contribution in [0.15, 0.2) is 35.4 Å². The zero-order valence-electron chi connectivity index (χ0n) is 15.9. The summed E-state index contributed by atoms with van der Waals surface area (Å²) in [5.74, 6) is 3.41. The Balaban J connectivity index is 1.65. The summed E-state index contributed by atoms with van der Waals surface area (Å²) in [5.41, 5.74) is 1.43. The Bertz CT molecular complexity index is 1040. The van der Waals surface area contributed by atoms with Gasteiger partial charge >= 0.3 is 0 Å². The number of aromatic nitrogens is 4. The molecule has 1 aromatic carbocycles. The van der Waals surface area contributed by atoms with Crippen molar-refractivity contribution in [3.8, 4) is 28.6 Å². The van der Waals surface area contributed by atoms with E-state index in [0.717, 1.165) is 23.5 Å². The SMILES string of the molecule is COc1cc2c(cc1-c1nccn1CCc1cc(=O)[nH]c(C)n1)OCCCO2. The van der Waals surface area contributed by atoms with Crippen molar-refractivity contribution in [1.82, 2.24) is 19.5 Å². The molecule has 0 radical (unpaired) electrons. The molecule has 3 heterocycles. The first kappa shape index (κ1) is 18.1. The summed E-state index contributed by atoms with van der Waals surface area (Å²) in [7, 11) is 1.62. The summed E-state index contributed by atoms with van der Waals surface area (Å²) in [4.78, 5) is 23.2. The van der Waals surface area contributed by atoms with Gasteiger partial charge in [-0.2, -0.15) is 0 Å². The fourth-order valence-electron chi connectivity index (χ4n) is 3.27. The topological polar surface area (TPSA) is 91.3 Å². The third-order valence-corrected chi connectivity index (χ3v) is 4.55. The van der Waals surface area contributed by atoms with E-state index in [-0.39, 0.29) is 5.56 Å². The van der Waals surface area contributed by atoms with E-state index in [9.17, 15) is 4.79 Å². The van der Waals surface area contributed by atoms with Gasteiger partial charge in [0, 0.05) is 49.6 Å². The largest absolute Gasteiger partial charge is 0.496 e. The molecule has 146 valence electrons. The number of nitrogens with one attached hydrogen (secondary N) is 1. The second kappa shape index (κ2) is 7.75. The molecule has 2 aromatic heterocycles. The Morgan fingerprint density at radius 1 is 1.21 bits per heavy atom. The van der Waals surface area contributed by atoms with Crippen LogP contribution in [0.1, 0.15) is 17.9 Å². The summed E-state index contributed by atoms with van der Waals surface area (Å²) >= 11 is 0. The molecule has 0 atom stereocenters. The number of nitrogens with zero attached hydrogens (tertiary/aromatic N) is 3. The first-order chi connectivity index (χ1) is 13.6. The van der Waals surface area contributed by atoms with Crippen LogP contribution >= 0.6 is 0 Å². The summed E-state index contributed by atoms with van der Waals surface area (Å²) < 4.78 is 19.2. The maximum Gasteiger partial charge on any atom is 0.251 e. The smallest absolute Gasteiger partial charge is 0.251 e. The lowest BCUT2D eigenvalue weighted by molar-refractivity contribution is 0.296. The molecule has 0 saturated carbocycles. The van der Waals surface area contributed by atoms with E-state index in [1.165, 1.54) is 6.07 Å². The minimum Gasteiger partial charge on any atom is -0.496 e. The summed E-state index contributed by atoms with van der Waals surface area (Å²) in [5, 5.41) is 0. The van der Waals surface area contributed by atoms with Gasteiger partial charge in [0.05, 0.1) is 25.9 Å². The first-order valence-electron chi connectivity index (χ1n) is 9.20. The van der Waals surface area contributed by atoms with Crippen LogP contribution in [0.4, 0.5) is 0 Å². The Kier molecular flexibility index (Phi) is 5.01. The fraction of sp³-hybridized carbons (Fsp3) is 0.350. The van der Waals surface area contributed by atoms with Gasteiger partial charge in [-0.25, -0.2) is 9.97 Å². The van der Waals surface area contributed by atoms with Gasteiger partial charge in [0.25, 0.3) is 5.56 Å². The van der Waals surface area contributed by atoms with Crippen LogP contribution in [0.2, 0.25) is 0 Å². The molecular weight excluding hydrogens is 360 g/mol. The molecule has 0 spiro atoms. The summed E-state index contributed by atoms with van der Waals surface area (Å²) in [6.45, 7) is 3.63. The number of hydrogen-bond donors (Lipinski definition) is 1. The van der Waals surface area contributed by atoms with Gasteiger partial charge in [0.1, 0.15) is 17.4 Å². The number of rotatable bonds is 5. The molecule has 0 aliphatic carbocycles. The third kappa shape index (κ3) is 3.71. The Morgan fingerprint density at radius 3 is 2.75 bits per heavy atom. The normalized spacial score (nSPS) is 13.2. The van der Waals surface area contributed by atoms with E-state index in [1.54, 1.807) is 20.2 Å². The van der Waals surface area contributed by atoms with E-state index in [1.807, 2.05) is 22.9 Å². The average Bonchev–Trinajstić information content (AvgIpc) is 3.02. The summed E-state index contributed by atoms with van der Waals surface area (Å²) in [6, 6.07) is 5.28. The monoisotopic (exact) mass is 382 g/mol. The second-order valence-electron chi connectivity index (χ2n) is 6.57. The van der Waals surface area contributed by atoms with E-state index >= 15 is 0 Å². The van der Waals surface area contributed by atoms with Crippen molar-refractivity contribution < 1.29 is 14.2 Å². The van der Waals surface area contributed by atoms with Crippen LogP contribution in [0.25, 0.3) is 11.4 Å². The van der Waals surface area contributed by atoms with Crippen molar-refractivity contribution in [2.24, 2.45) is 0 Å². The van der Waals surface area contributed by atoms with Gasteiger partial charge in [-0.3, -0.25) is 4.79 Å². The number of H-pyrrole nitrogens is 1. The predicted molar refractivity (Wildman–Crippen MR) is 103 cm³/mol. The molecule has 8 heteroatoms. The maximum absolute atomic E-state index is 11.7. The van der Waals surface area contributed by atoms with Crippen molar-refractivity contribution >= 4 is 0 Å². The lowest BCUT2D eigenvalue weighted by atomic mass is 10.1. The molecule has 28 heavy (non-hydrogen) atoms. The first-order valence-corrected chi connectivity index (χ1v) is 9.20. The number of fused-ring (bicyclic) bond motifs is 1. The van der Waals surface area contributed by atoms with Crippen molar-refractivity contribution in [2.45, 2.75) is 26.3 Å². The van der Waals surface area contributed by atoms with Crippen molar-refractivity contribution in [3.05, 3.63) is 52.5 Å². The standard InChI is InChI=1S/C20H22N4O4/c1-13-22-14(10-19(25)23-13)4-6-24-7-5-21-20(24)15-11-17-18(12-16(15)26-2)28-9-3-8-27-17/h5,7,10-12H,3-4,6,8-9H2,1-2H3,(H,22,23,25). The van der Waals surface area contributed by atoms with E-state index in [0.29, 0.717) is 49.3 Å². The number of ether oxygens (including phenoxy) is 3. The molecule has 3 aromatic rings. The van der Waals surface area contributed by atoms with Gasteiger partial charge in [-0.1, -0.05) is 0 Å². The van der Waals surface area contributed by atoms with Crippen molar-refractivity contribution in [3.63, 3.8) is 0 Å². The van der Waals surface area contributed by atoms with E-state index < -0.39 is 0 Å².